The van der Waals surface area contributed by atoms with Crippen molar-refractivity contribution in [2.75, 3.05) is 18.0 Å². The van der Waals surface area contributed by atoms with E-state index < -0.39 is 6.23 Å². The number of hydrogen-bond donors (Lipinski definition) is 3. The number of piperidine rings is 1. The van der Waals surface area contributed by atoms with Gasteiger partial charge in [-0.15, -0.1) is 0 Å². The molecule has 2 aliphatic heterocycles. The monoisotopic (exact) mass is 538 g/mol. The molecule has 1 spiro atoms. The van der Waals surface area contributed by atoms with Crippen molar-refractivity contribution in [2.24, 2.45) is 5.73 Å². The Labute approximate surface area is 222 Å². The minimum absolute atomic E-state index is 0.0577. The lowest BCUT2D eigenvalue weighted by Gasteiger charge is -2.39. The maximum Gasteiger partial charge on any atom is 0.225 e. The van der Waals surface area contributed by atoms with Crippen molar-refractivity contribution >= 4 is 46.0 Å². The molecule has 0 aliphatic carbocycles. The largest absolute Gasteiger partial charge is 0.471 e. The number of ether oxygens (including phenoxy) is 1. The first-order chi connectivity index (χ1) is 17.9. The van der Waals surface area contributed by atoms with Crippen LogP contribution in [0, 0.1) is 0 Å². The summed E-state index contributed by atoms with van der Waals surface area (Å²) in [5.41, 5.74) is 8.96. The van der Waals surface area contributed by atoms with Crippen LogP contribution in [0.1, 0.15) is 37.5 Å². The number of amides is 1. The van der Waals surface area contributed by atoms with Gasteiger partial charge >= 0.3 is 0 Å². The number of nitrogens with zero attached hydrogens (tertiary/aromatic N) is 5. The van der Waals surface area contributed by atoms with Crippen LogP contribution < -0.4 is 20.7 Å². The van der Waals surface area contributed by atoms with Gasteiger partial charge in [-0.25, -0.2) is 9.97 Å². The van der Waals surface area contributed by atoms with E-state index in [1.54, 1.807) is 18.5 Å². The molecular formula is C25H24Cl2N8O2. The molecule has 2 saturated heterocycles. The number of aromatic nitrogens is 5. The summed E-state index contributed by atoms with van der Waals surface area (Å²) in [5.74, 6) is 1.36. The summed E-state index contributed by atoms with van der Waals surface area (Å²) < 4.78 is 5.95. The number of pyridine rings is 1. The number of halogens is 2. The van der Waals surface area contributed by atoms with Gasteiger partial charge in [0.1, 0.15) is 11.4 Å². The van der Waals surface area contributed by atoms with Gasteiger partial charge in [0.05, 0.1) is 15.6 Å². The molecule has 10 nitrogen and oxygen atoms in total. The predicted octanol–water partition coefficient (Wildman–Crippen LogP) is 4.01. The van der Waals surface area contributed by atoms with Crippen molar-refractivity contribution in [3.63, 3.8) is 0 Å². The Morgan fingerprint density at radius 2 is 1.78 bits per heavy atom. The number of hydrogen-bond acceptors (Lipinski definition) is 8. The quantitative estimate of drug-likeness (QED) is 0.324. The van der Waals surface area contributed by atoms with Crippen LogP contribution in [0.2, 0.25) is 10.0 Å². The average molecular weight is 539 g/mol. The second kappa shape index (κ2) is 9.44. The van der Waals surface area contributed by atoms with Crippen LogP contribution in [0.5, 0.6) is 5.75 Å². The number of aromatic amines is 1. The smallest absolute Gasteiger partial charge is 0.225 e. The van der Waals surface area contributed by atoms with Crippen molar-refractivity contribution in [1.82, 2.24) is 30.5 Å². The first-order valence-electron chi connectivity index (χ1n) is 12.0. The van der Waals surface area contributed by atoms with E-state index in [1.807, 2.05) is 12.1 Å². The first-order valence-corrected chi connectivity index (χ1v) is 12.7. The fourth-order valence-corrected chi connectivity index (χ4v) is 5.65. The molecular weight excluding hydrogens is 515 g/mol. The third kappa shape index (κ3) is 4.56. The predicted molar refractivity (Wildman–Crippen MR) is 140 cm³/mol. The van der Waals surface area contributed by atoms with Crippen molar-refractivity contribution in [2.45, 2.75) is 37.5 Å². The van der Waals surface area contributed by atoms with Gasteiger partial charge in [0.25, 0.3) is 0 Å². The van der Waals surface area contributed by atoms with E-state index in [9.17, 15) is 4.79 Å². The lowest BCUT2D eigenvalue weighted by Crippen LogP contribution is -2.51. The number of anilines is 1. The van der Waals surface area contributed by atoms with Crippen LogP contribution in [0.25, 0.3) is 22.2 Å². The van der Waals surface area contributed by atoms with E-state index in [2.05, 4.69) is 35.4 Å². The fourth-order valence-electron chi connectivity index (χ4n) is 5.08. The molecule has 0 radical (unpaired) electrons. The summed E-state index contributed by atoms with van der Waals surface area (Å²) in [6.45, 7) is 1.61. The molecule has 4 aromatic rings. The van der Waals surface area contributed by atoms with Crippen molar-refractivity contribution < 1.29 is 9.53 Å². The van der Waals surface area contributed by atoms with E-state index in [4.69, 9.17) is 33.7 Å². The van der Waals surface area contributed by atoms with Gasteiger partial charge in [-0.2, -0.15) is 5.10 Å². The van der Waals surface area contributed by atoms with E-state index in [-0.39, 0.29) is 11.4 Å². The third-order valence-electron chi connectivity index (χ3n) is 7.12. The summed E-state index contributed by atoms with van der Waals surface area (Å²) >= 11 is 12.4. The molecule has 190 valence electrons. The van der Waals surface area contributed by atoms with Crippen molar-refractivity contribution in [3.05, 3.63) is 58.6 Å². The van der Waals surface area contributed by atoms with E-state index >= 15 is 0 Å². The molecule has 5 heterocycles. The van der Waals surface area contributed by atoms with E-state index in [0.717, 1.165) is 48.8 Å². The summed E-state index contributed by atoms with van der Waals surface area (Å²) in [7, 11) is 0. The molecule has 6 rings (SSSR count). The van der Waals surface area contributed by atoms with Crippen LogP contribution in [-0.4, -0.2) is 49.7 Å². The summed E-state index contributed by atoms with van der Waals surface area (Å²) in [5, 5.41) is 12.2. The molecule has 37 heavy (non-hydrogen) atoms. The van der Waals surface area contributed by atoms with Crippen LogP contribution in [-0.2, 0) is 4.79 Å². The van der Waals surface area contributed by atoms with Crippen molar-refractivity contribution in [1.29, 1.82) is 0 Å². The van der Waals surface area contributed by atoms with Gasteiger partial charge in [0.2, 0.25) is 11.9 Å². The molecule has 4 N–H and O–H groups in total. The Hall–Kier alpha value is -3.47. The number of fused-ring (bicyclic) bond motifs is 1. The highest BCUT2D eigenvalue weighted by atomic mass is 35.5. The Morgan fingerprint density at radius 3 is 2.46 bits per heavy atom. The number of nitrogens with one attached hydrogen (secondary N) is 2. The summed E-state index contributed by atoms with van der Waals surface area (Å²) in [6, 6.07) is 5.51. The van der Waals surface area contributed by atoms with Gasteiger partial charge in [-0.1, -0.05) is 23.2 Å². The van der Waals surface area contributed by atoms with Crippen molar-refractivity contribution in [3.8, 4) is 17.0 Å². The Balaban J connectivity index is 1.19. The number of H-pyrrole nitrogens is 1. The third-order valence-corrected chi connectivity index (χ3v) is 7.72. The topological polar surface area (TPSA) is 135 Å². The maximum absolute atomic E-state index is 11.7. The van der Waals surface area contributed by atoms with Crippen LogP contribution in [0.4, 0.5) is 5.95 Å². The van der Waals surface area contributed by atoms with E-state index in [0.29, 0.717) is 39.4 Å². The van der Waals surface area contributed by atoms with E-state index in [1.165, 1.54) is 12.4 Å². The Bertz CT molecular complexity index is 1450. The second-order valence-corrected chi connectivity index (χ2v) is 10.2. The Morgan fingerprint density at radius 1 is 1.05 bits per heavy atom. The molecule has 1 amide bonds. The number of nitrogens with two attached hydrogens (primary N) is 1. The van der Waals surface area contributed by atoms with Crippen LogP contribution >= 0.6 is 23.2 Å². The molecule has 12 heteroatoms. The van der Waals surface area contributed by atoms with Gasteiger partial charge in [0.15, 0.2) is 6.23 Å². The molecule has 1 atom stereocenters. The maximum atomic E-state index is 11.7. The van der Waals surface area contributed by atoms with Gasteiger partial charge in [-0.3, -0.25) is 20.6 Å². The minimum Gasteiger partial charge on any atom is -0.471 e. The minimum atomic E-state index is -0.875. The zero-order chi connectivity index (χ0) is 25.6. The summed E-state index contributed by atoms with van der Waals surface area (Å²) in [4.78, 5) is 27.0. The molecule has 0 unspecified atom stereocenters. The highest BCUT2D eigenvalue weighted by molar-refractivity contribution is 6.35. The van der Waals surface area contributed by atoms with Gasteiger partial charge < -0.3 is 15.0 Å². The molecule has 0 bridgehead atoms. The average Bonchev–Trinajstić information content (AvgIpc) is 3.47. The molecule has 3 aromatic heterocycles. The number of rotatable bonds is 5. The Kier molecular flexibility index (Phi) is 6.10. The lowest BCUT2D eigenvalue weighted by atomic mass is 9.86. The number of carbonyl (C=O) groups excluding carboxylic acids is 1. The second-order valence-electron chi connectivity index (χ2n) is 9.42. The molecule has 0 saturated carbocycles. The summed E-state index contributed by atoms with van der Waals surface area (Å²) in [6.07, 6.45) is 8.94. The normalized spacial score (nSPS) is 17.8. The lowest BCUT2D eigenvalue weighted by molar-refractivity contribution is -0.119. The highest BCUT2D eigenvalue weighted by Crippen LogP contribution is 2.34. The molecule has 2 aliphatic rings. The fraction of sp³-hybridized carbons (Fsp3) is 0.320. The first kappa shape index (κ1) is 23.9. The molecule has 1 aromatic carbocycles. The highest BCUT2D eigenvalue weighted by Gasteiger charge is 2.40. The number of benzene rings is 1. The zero-order valence-electron chi connectivity index (χ0n) is 19.7. The molecule has 2 fully saturated rings. The SMILES string of the molecule is N[C@@H](Oc1ccc2[nH]nc(-c3cnc(N4CCC5(CCC(=O)N5)CC4)nc3)c2c1)c1c(Cl)cncc1Cl. The van der Waals surface area contributed by atoms with Crippen LogP contribution in [0.15, 0.2) is 43.0 Å². The van der Waals surface area contributed by atoms with Gasteiger partial charge in [0, 0.05) is 66.3 Å². The zero-order valence-corrected chi connectivity index (χ0v) is 21.3. The van der Waals surface area contributed by atoms with Gasteiger partial charge in [-0.05, 0) is 37.5 Å². The van der Waals surface area contributed by atoms with Crippen LogP contribution in [0.3, 0.4) is 0 Å². The standard InChI is InChI=1S/C25H24Cl2N8O2/c26-17-12-29-13-18(27)21(17)23(28)37-15-1-2-19-16(9-15)22(34-33-19)14-10-30-24(31-11-14)35-7-5-25(6-8-35)4-3-20(36)32-25/h1-2,9-13,23H,3-8,28H2,(H,32,36)(H,33,34)/t23-/m0/s1. The number of carbonyl (C=O) groups is 1.